The quantitative estimate of drug-likeness (QED) is 0.507. The molecule has 7 atom stereocenters. The topological polar surface area (TPSA) is 74.7 Å². The normalized spacial score (nSPS) is 41.1. The van der Waals surface area contributed by atoms with E-state index in [0.29, 0.717) is 12.2 Å². The fourth-order valence-electron chi connectivity index (χ4n) is 4.27. The summed E-state index contributed by atoms with van der Waals surface area (Å²) in [5.41, 5.74) is 0. The minimum absolute atomic E-state index is 0.121. The molecule has 0 aromatic heterocycles. The number of halogens is 2. The number of imide groups is 1. The molecule has 3 rings (SSSR count). The molecule has 0 radical (unpaired) electrons. The van der Waals surface area contributed by atoms with E-state index in [-0.39, 0.29) is 45.1 Å². The molecule has 3 fully saturated rings. The summed E-state index contributed by atoms with van der Waals surface area (Å²) in [6, 6.07) is -1.03. The Morgan fingerprint density at radius 2 is 1.77 bits per heavy atom. The minimum Gasteiger partial charge on any atom is -0.480 e. The molecule has 8 heteroatoms. The second kappa shape index (κ2) is 6.09. The van der Waals surface area contributed by atoms with Gasteiger partial charge in [-0.2, -0.15) is 11.8 Å². The van der Waals surface area contributed by atoms with Gasteiger partial charge < -0.3 is 5.11 Å². The van der Waals surface area contributed by atoms with Crippen LogP contribution in [0.1, 0.15) is 12.8 Å². The maximum absolute atomic E-state index is 12.7. The van der Waals surface area contributed by atoms with Crippen LogP contribution in [0.5, 0.6) is 0 Å². The van der Waals surface area contributed by atoms with Gasteiger partial charge in [-0.15, -0.1) is 0 Å². The highest BCUT2D eigenvalue weighted by Gasteiger charge is 2.67. The molecule has 1 saturated heterocycles. The third kappa shape index (κ3) is 2.28. The first-order valence-corrected chi connectivity index (χ1v) is 10.5. The molecular formula is C14H17Br2NO4S. The third-order valence-electron chi connectivity index (χ3n) is 5.21. The van der Waals surface area contributed by atoms with Crippen LogP contribution in [0.15, 0.2) is 0 Å². The van der Waals surface area contributed by atoms with E-state index in [4.69, 9.17) is 0 Å². The highest BCUT2D eigenvalue weighted by atomic mass is 79.9. The summed E-state index contributed by atoms with van der Waals surface area (Å²) in [4.78, 5) is 38.4. The number of thioether (sulfide) groups is 1. The van der Waals surface area contributed by atoms with Gasteiger partial charge in [-0.25, -0.2) is 4.79 Å². The molecule has 2 amide bonds. The molecule has 22 heavy (non-hydrogen) atoms. The number of nitrogens with zero attached hydrogens (tertiary/aromatic N) is 1. The Labute approximate surface area is 149 Å². The fourth-order valence-corrected chi connectivity index (χ4v) is 6.60. The maximum Gasteiger partial charge on any atom is 0.326 e. The average Bonchev–Trinajstić information content (AvgIpc) is 3.06. The van der Waals surface area contributed by atoms with Gasteiger partial charge in [0.1, 0.15) is 6.04 Å². The highest BCUT2D eigenvalue weighted by Crippen LogP contribution is 2.60. The van der Waals surface area contributed by atoms with Gasteiger partial charge >= 0.3 is 5.97 Å². The fraction of sp³-hybridized carbons (Fsp3) is 0.786. The Kier molecular flexibility index (Phi) is 4.64. The summed E-state index contributed by atoms with van der Waals surface area (Å²) >= 11 is 8.76. The van der Waals surface area contributed by atoms with Crippen molar-refractivity contribution in [1.29, 1.82) is 0 Å². The minimum atomic E-state index is -1.09. The van der Waals surface area contributed by atoms with Crippen LogP contribution in [-0.2, 0) is 14.4 Å². The van der Waals surface area contributed by atoms with Gasteiger partial charge in [-0.05, 0) is 36.7 Å². The zero-order valence-electron chi connectivity index (χ0n) is 11.9. The Morgan fingerprint density at radius 3 is 2.18 bits per heavy atom. The maximum atomic E-state index is 12.7. The van der Waals surface area contributed by atoms with E-state index in [9.17, 15) is 19.5 Å². The zero-order valence-corrected chi connectivity index (χ0v) is 15.9. The first-order valence-electron chi connectivity index (χ1n) is 7.27. The van der Waals surface area contributed by atoms with Crippen molar-refractivity contribution in [3.05, 3.63) is 0 Å². The SMILES string of the molecule is CSCC[C@H](C(=O)O)N1C(=O)[C@@H]2[C@H]3C[C@@H]([C@H](Br)[C@H]3Br)[C@@H]2C1=O. The monoisotopic (exact) mass is 453 g/mol. The van der Waals surface area contributed by atoms with E-state index in [1.165, 1.54) is 11.8 Å². The van der Waals surface area contributed by atoms with Gasteiger partial charge in [0, 0.05) is 9.65 Å². The number of carbonyl (C=O) groups excluding carboxylic acids is 2. The summed E-state index contributed by atoms with van der Waals surface area (Å²) in [6.45, 7) is 0. The molecule has 5 nitrogen and oxygen atoms in total. The van der Waals surface area contributed by atoms with Gasteiger partial charge in [-0.1, -0.05) is 31.9 Å². The van der Waals surface area contributed by atoms with Crippen molar-refractivity contribution in [2.45, 2.75) is 28.5 Å². The first kappa shape index (κ1) is 16.8. The summed E-state index contributed by atoms with van der Waals surface area (Å²) in [7, 11) is 0. The van der Waals surface area contributed by atoms with E-state index in [1.54, 1.807) is 0 Å². The first-order chi connectivity index (χ1) is 10.4. The number of fused-ring (bicyclic) bond motifs is 5. The molecule has 3 aliphatic rings. The van der Waals surface area contributed by atoms with Crippen LogP contribution in [0, 0.1) is 23.7 Å². The number of carboxylic acids is 1. The molecule has 0 spiro atoms. The average molecular weight is 455 g/mol. The molecule has 1 N–H and O–H groups in total. The van der Waals surface area contributed by atoms with Gasteiger partial charge in [0.2, 0.25) is 11.8 Å². The molecule has 1 heterocycles. The van der Waals surface area contributed by atoms with Crippen molar-refractivity contribution in [3.8, 4) is 0 Å². The number of hydrogen-bond donors (Lipinski definition) is 1. The number of likely N-dealkylation sites (tertiary alicyclic amines) is 1. The van der Waals surface area contributed by atoms with Crippen LogP contribution < -0.4 is 0 Å². The van der Waals surface area contributed by atoms with E-state index >= 15 is 0 Å². The Balaban J connectivity index is 1.88. The molecule has 122 valence electrons. The van der Waals surface area contributed by atoms with Crippen LogP contribution >= 0.6 is 43.6 Å². The number of aliphatic carboxylic acids is 1. The third-order valence-corrected chi connectivity index (χ3v) is 9.06. The van der Waals surface area contributed by atoms with E-state index < -0.39 is 12.0 Å². The lowest BCUT2D eigenvalue weighted by molar-refractivity contribution is -0.155. The molecule has 2 aliphatic carbocycles. The van der Waals surface area contributed by atoms with Crippen LogP contribution in [0.25, 0.3) is 0 Å². The molecule has 0 aromatic rings. The van der Waals surface area contributed by atoms with Crippen LogP contribution in [0.3, 0.4) is 0 Å². The second-order valence-electron chi connectivity index (χ2n) is 6.19. The summed E-state index contributed by atoms with van der Waals surface area (Å²) in [6.07, 6.45) is 3.04. The van der Waals surface area contributed by atoms with Crippen LogP contribution in [0.2, 0.25) is 0 Å². The predicted octanol–water partition coefficient (Wildman–Crippen LogP) is 1.97. The number of hydrogen-bond acceptors (Lipinski definition) is 4. The smallest absolute Gasteiger partial charge is 0.326 e. The van der Waals surface area contributed by atoms with Crippen LogP contribution in [-0.4, -0.2) is 55.5 Å². The Hall–Kier alpha value is -0.0800. The van der Waals surface area contributed by atoms with Gasteiger partial charge in [-0.3, -0.25) is 14.5 Å². The largest absolute Gasteiger partial charge is 0.480 e. The molecule has 0 aromatic carbocycles. The lowest BCUT2D eigenvalue weighted by Crippen LogP contribution is -2.46. The summed E-state index contributed by atoms with van der Waals surface area (Å²) in [5.74, 6) is -1.47. The molecule has 2 saturated carbocycles. The second-order valence-corrected chi connectivity index (χ2v) is 9.29. The summed E-state index contributed by atoms with van der Waals surface area (Å²) < 4.78 is 0. The highest BCUT2D eigenvalue weighted by molar-refractivity contribution is 9.12. The van der Waals surface area contributed by atoms with Crippen molar-refractivity contribution in [1.82, 2.24) is 4.90 Å². The molecule has 1 aliphatic heterocycles. The van der Waals surface area contributed by atoms with E-state index in [0.717, 1.165) is 11.3 Å². The van der Waals surface area contributed by atoms with Crippen molar-refractivity contribution in [2.75, 3.05) is 12.0 Å². The number of carbonyl (C=O) groups is 3. The molecule has 2 bridgehead atoms. The molecule has 0 unspecified atom stereocenters. The van der Waals surface area contributed by atoms with E-state index in [2.05, 4.69) is 31.9 Å². The lowest BCUT2D eigenvalue weighted by Gasteiger charge is -2.28. The van der Waals surface area contributed by atoms with Gasteiger partial charge in [0.15, 0.2) is 0 Å². The van der Waals surface area contributed by atoms with Crippen molar-refractivity contribution >= 4 is 61.4 Å². The van der Waals surface area contributed by atoms with Crippen molar-refractivity contribution in [3.63, 3.8) is 0 Å². The van der Waals surface area contributed by atoms with Gasteiger partial charge in [0.05, 0.1) is 11.8 Å². The Bertz CT molecular complexity index is 499. The van der Waals surface area contributed by atoms with Crippen molar-refractivity contribution < 1.29 is 19.5 Å². The summed E-state index contributed by atoms with van der Waals surface area (Å²) in [5, 5.41) is 9.44. The van der Waals surface area contributed by atoms with Gasteiger partial charge in [0.25, 0.3) is 0 Å². The number of amides is 2. The number of rotatable bonds is 5. The van der Waals surface area contributed by atoms with E-state index in [1.807, 2.05) is 6.26 Å². The number of alkyl halides is 2. The zero-order chi connectivity index (χ0) is 16.2. The standard InChI is InChI=1S/C14H17Br2NO4S/c1-22-3-2-7(14(20)21)17-12(18)8-5-4-6(9(8)13(17)19)11(16)10(5)15/h5-11H,2-4H2,1H3,(H,20,21)/t5-,6-,7-,8-,9+,10+,11+/m1/s1. The number of carboxylic acid groups (broad SMARTS) is 1. The Morgan fingerprint density at radius 1 is 1.27 bits per heavy atom. The van der Waals surface area contributed by atoms with Crippen molar-refractivity contribution in [2.24, 2.45) is 23.7 Å². The molecular weight excluding hydrogens is 438 g/mol. The van der Waals surface area contributed by atoms with Crippen LogP contribution in [0.4, 0.5) is 0 Å². The predicted molar refractivity (Wildman–Crippen MR) is 90.3 cm³/mol. The lowest BCUT2D eigenvalue weighted by atomic mass is 9.81.